The second-order valence-electron chi connectivity index (χ2n) is 7.56. The molecule has 0 saturated carbocycles. The average molecular weight is 402 g/mol. The number of nitrogens with one attached hydrogen (secondary N) is 2. The zero-order chi connectivity index (χ0) is 21.6. The summed E-state index contributed by atoms with van der Waals surface area (Å²) in [5.74, 6) is -0.809. The van der Waals surface area contributed by atoms with Gasteiger partial charge < -0.3 is 22.1 Å². The van der Waals surface area contributed by atoms with E-state index in [0.717, 1.165) is 29.7 Å². The third-order valence-electron chi connectivity index (χ3n) is 4.62. The van der Waals surface area contributed by atoms with Crippen LogP contribution in [0.4, 0.5) is 22.7 Å². The Morgan fingerprint density at radius 1 is 1.14 bits per heavy atom. The van der Waals surface area contributed by atoms with Crippen LogP contribution in [-0.2, 0) is 0 Å². The molecule has 0 aliphatic carbocycles. The minimum atomic E-state index is -0.542. The molecule has 9 nitrogen and oxygen atoms in total. The second kappa shape index (κ2) is 9.37. The SMILES string of the molecule is CC(C)(CCCNc1ccc(C(N)=O)cc1[NH2+]O)Nc1ccc(C([NH3+])=O)cc1N. The molecule has 2 aromatic rings. The topological polar surface area (TPSA) is 175 Å². The fourth-order valence-corrected chi connectivity index (χ4v) is 3.01. The molecular formula is C20H30N6O3+2. The van der Waals surface area contributed by atoms with Crippen molar-refractivity contribution in [2.45, 2.75) is 32.2 Å². The van der Waals surface area contributed by atoms with Gasteiger partial charge in [-0.05, 0) is 57.0 Å². The predicted molar refractivity (Wildman–Crippen MR) is 112 cm³/mol. The van der Waals surface area contributed by atoms with E-state index >= 15 is 0 Å². The maximum absolute atomic E-state index is 11.3. The van der Waals surface area contributed by atoms with Crippen molar-refractivity contribution in [2.75, 3.05) is 22.9 Å². The van der Waals surface area contributed by atoms with Crippen LogP contribution in [0, 0.1) is 0 Å². The standard InChI is InChI=1S/C20H28N6O3/c1-20(2,25-15-6-4-12(18(22)27)10-14(15)21)8-3-9-24-16-7-5-13(19(23)28)11-17(16)26-29/h4-7,10-11,24-26,29H,3,8-9,21H2,1-2H3,(H2,22,27)(H2,23,28)/p+2. The number of quaternary nitrogens is 2. The van der Waals surface area contributed by atoms with E-state index in [9.17, 15) is 14.8 Å². The van der Waals surface area contributed by atoms with Crippen LogP contribution in [-0.4, -0.2) is 29.1 Å². The molecule has 0 aliphatic rings. The molecule has 0 unspecified atom stereocenters. The molecule has 2 amide bonds. The highest BCUT2D eigenvalue weighted by Crippen LogP contribution is 2.26. The number of nitrogen functional groups attached to an aromatic ring is 1. The summed E-state index contributed by atoms with van der Waals surface area (Å²) in [5.41, 5.74) is 18.7. The molecule has 2 rings (SSSR count). The fourth-order valence-electron chi connectivity index (χ4n) is 3.01. The largest absolute Gasteiger partial charge is 0.397 e. The monoisotopic (exact) mass is 402 g/mol. The molecule has 0 aromatic heterocycles. The first-order valence-electron chi connectivity index (χ1n) is 9.32. The summed E-state index contributed by atoms with van der Waals surface area (Å²) in [7, 11) is 0. The number of rotatable bonds is 10. The normalized spacial score (nSPS) is 11.2. The van der Waals surface area contributed by atoms with Crippen LogP contribution in [0.2, 0.25) is 0 Å². The fraction of sp³-hybridized carbons (Fsp3) is 0.300. The summed E-state index contributed by atoms with van der Waals surface area (Å²) in [6.45, 7) is 4.81. The van der Waals surface area contributed by atoms with Crippen LogP contribution in [0.25, 0.3) is 0 Å². The van der Waals surface area contributed by atoms with Gasteiger partial charge in [-0.2, -0.15) is 5.48 Å². The van der Waals surface area contributed by atoms with E-state index < -0.39 is 5.91 Å². The molecule has 0 bridgehead atoms. The van der Waals surface area contributed by atoms with Crippen LogP contribution in [0.15, 0.2) is 36.4 Å². The highest BCUT2D eigenvalue weighted by Gasteiger charge is 2.19. The van der Waals surface area contributed by atoms with E-state index in [2.05, 4.69) is 30.2 Å². The number of benzene rings is 2. The minimum absolute atomic E-state index is 0.229. The highest BCUT2D eigenvalue weighted by molar-refractivity contribution is 5.94. The summed E-state index contributed by atoms with van der Waals surface area (Å²) >= 11 is 0. The van der Waals surface area contributed by atoms with E-state index in [4.69, 9.17) is 11.5 Å². The van der Waals surface area contributed by atoms with Crippen molar-refractivity contribution < 1.29 is 26.0 Å². The number of primary amides is 1. The van der Waals surface area contributed by atoms with Gasteiger partial charge in [0.2, 0.25) is 5.91 Å². The molecule has 156 valence electrons. The third-order valence-corrected chi connectivity index (χ3v) is 4.62. The van der Waals surface area contributed by atoms with Gasteiger partial charge in [-0.3, -0.25) is 10.5 Å². The molecule has 9 heteroatoms. The molecule has 0 fully saturated rings. The number of carbonyl (C=O) groups excluding carboxylic acids is 2. The van der Waals surface area contributed by atoms with Gasteiger partial charge in [-0.1, -0.05) is 0 Å². The van der Waals surface area contributed by atoms with Crippen LogP contribution in [0.1, 0.15) is 47.4 Å². The zero-order valence-electron chi connectivity index (χ0n) is 16.8. The Morgan fingerprint density at radius 3 is 2.38 bits per heavy atom. The third kappa shape index (κ3) is 6.18. The summed E-state index contributed by atoms with van der Waals surface area (Å²) in [6.07, 6.45) is 1.69. The molecule has 12 N–H and O–H groups in total. The maximum Gasteiger partial charge on any atom is 0.341 e. The van der Waals surface area contributed by atoms with Crippen LogP contribution in [0.5, 0.6) is 0 Å². The Hall–Kier alpha value is -3.14. The van der Waals surface area contributed by atoms with E-state index in [0.29, 0.717) is 29.0 Å². The van der Waals surface area contributed by atoms with Gasteiger partial charge in [0.05, 0.1) is 22.6 Å². The van der Waals surface area contributed by atoms with Gasteiger partial charge in [0.25, 0.3) is 0 Å². The smallest absolute Gasteiger partial charge is 0.341 e. The van der Waals surface area contributed by atoms with Crippen molar-refractivity contribution in [3.8, 4) is 0 Å². The lowest BCUT2D eigenvalue weighted by atomic mass is 9.97. The number of carbonyl (C=O) groups is 2. The number of anilines is 3. The van der Waals surface area contributed by atoms with Crippen molar-refractivity contribution in [1.82, 2.24) is 0 Å². The first-order chi connectivity index (χ1) is 13.6. The Morgan fingerprint density at radius 2 is 1.79 bits per heavy atom. The van der Waals surface area contributed by atoms with Crippen molar-refractivity contribution >= 4 is 34.6 Å². The van der Waals surface area contributed by atoms with Crippen molar-refractivity contribution in [2.24, 2.45) is 5.73 Å². The lowest BCUT2D eigenvalue weighted by Crippen LogP contribution is -2.74. The molecule has 0 atom stereocenters. The van der Waals surface area contributed by atoms with Gasteiger partial charge in [-0.25, -0.2) is 10.0 Å². The molecule has 0 aliphatic heterocycles. The van der Waals surface area contributed by atoms with Gasteiger partial charge in [-0.15, -0.1) is 0 Å². The van der Waals surface area contributed by atoms with Gasteiger partial charge >= 0.3 is 5.91 Å². The number of hydrogen-bond acceptors (Lipinski definition) is 6. The van der Waals surface area contributed by atoms with Crippen molar-refractivity contribution in [1.29, 1.82) is 0 Å². The summed E-state index contributed by atoms with van der Waals surface area (Å²) in [5, 5.41) is 16.1. The van der Waals surface area contributed by atoms with E-state index in [1.54, 1.807) is 36.4 Å². The molecule has 0 radical (unpaired) electrons. The molecule has 0 saturated heterocycles. The average Bonchev–Trinajstić information content (AvgIpc) is 2.66. The molecular weight excluding hydrogens is 372 g/mol. The van der Waals surface area contributed by atoms with Crippen LogP contribution in [0.3, 0.4) is 0 Å². The number of hydrogen-bond donors (Lipinski definition) is 7. The summed E-state index contributed by atoms with van der Waals surface area (Å²) in [4.78, 5) is 22.6. The Balaban J connectivity index is 1.91. The lowest BCUT2D eigenvalue weighted by molar-refractivity contribution is -0.825. The molecule has 29 heavy (non-hydrogen) atoms. The second-order valence-corrected chi connectivity index (χ2v) is 7.56. The minimum Gasteiger partial charge on any atom is -0.397 e. The maximum atomic E-state index is 11.3. The Bertz CT molecular complexity index is 898. The Labute approximate surface area is 169 Å². The zero-order valence-corrected chi connectivity index (χ0v) is 16.8. The Kier molecular flexibility index (Phi) is 7.16. The van der Waals surface area contributed by atoms with Gasteiger partial charge in [0.15, 0.2) is 5.69 Å². The van der Waals surface area contributed by atoms with Gasteiger partial charge in [0, 0.05) is 23.7 Å². The quantitative estimate of drug-likeness (QED) is 0.172. The number of nitrogens with two attached hydrogens (primary N) is 3. The van der Waals surface area contributed by atoms with Gasteiger partial charge in [0.1, 0.15) is 0 Å². The summed E-state index contributed by atoms with van der Waals surface area (Å²) in [6, 6.07) is 9.99. The van der Waals surface area contributed by atoms with Crippen molar-refractivity contribution in [3.63, 3.8) is 0 Å². The molecule has 2 aromatic carbocycles. The van der Waals surface area contributed by atoms with E-state index in [-0.39, 0.29) is 11.4 Å². The first kappa shape index (κ1) is 22.2. The first-order valence-corrected chi connectivity index (χ1v) is 9.32. The van der Waals surface area contributed by atoms with Crippen LogP contribution >= 0.6 is 0 Å². The van der Waals surface area contributed by atoms with E-state index in [1.807, 2.05) is 0 Å². The van der Waals surface area contributed by atoms with E-state index in [1.165, 1.54) is 0 Å². The van der Waals surface area contributed by atoms with Crippen LogP contribution < -0.4 is 33.3 Å². The highest BCUT2D eigenvalue weighted by atomic mass is 16.5. The molecule has 0 heterocycles. The van der Waals surface area contributed by atoms with Crippen molar-refractivity contribution in [3.05, 3.63) is 47.5 Å². The lowest BCUT2D eigenvalue weighted by Gasteiger charge is -2.28. The molecule has 0 spiro atoms. The summed E-state index contributed by atoms with van der Waals surface area (Å²) < 4.78 is 0. The predicted octanol–water partition coefficient (Wildman–Crippen LogP) is 0.417. The number of amides is 2.